The van der Waals surface area contributed by atoms with E-state index < -0.39 is 0 Å². The fraction of sp³-hybridized carbons (Fsp3) is 0.286. The first-order chi connectivity index (χ1) is 15.5. The van der Waals surface area contributed by atoms with Crippen LogP contribution in [0, 0.1) is 12.8 Å². The van der Waals surface area contributed by atoms with E-state index in [2.05, 4.69) is 52.8 Å². The number of aryl methyl sites for hydroxylation is 1. The van der Waals surface area contributed by atoms with Gasteiger partial charge in [0.25, 0.3) is 5.91 Å². The fourth-order valence-electron chi connectivity index (χ4n) is 5.44. The smallest absolute Gasteiger partial charge is 0.255 e. The van der Waals surface area contributed by atoms with Gasteiger partial charge in [-0.1, -0.05) is 48.6 Å². The second-order valence-corrected chi connectivity index (χ2v) is 9.10. The Morgan fingerprint density at radius 1 is 1.16 bits per heavy atom. The minimum Gasteiger partial charge on any atom is -0.393 e. The van der Waals surface area contributed by atoms with Crippen molar-refractivity contribution >= 4 is 17.7 Å². The van der Waals surface area contributed by atoms with Crippen molar-refractivity contribution in [2.24, 2.45) is 5.92 Å². The van der Waals surface area contributed by atoms with Crippen LogP contribution in [0.3, 0.4) is 0 Å². The number of carbonyl (C=O) groups excluding carboxylic acids is 1. The lowest BCUT2D eigenvalue weighted by Gasteiger charge is -2.48. The van der Waals surface area contributed by atoms with E-state index in [0.29, 0.717) is 5.56 Å². The van der Waals surface area contributed by atoms with Crippen molar-refractivity contribution in [3.8, 4) is 0 Å². The number of nitrogens with one attached hydrogen (secondary N) is 1. The summed E-state index contributed by atoms with van der Waals surface area (Å²) in [5, 5.41) is 13.4. The van der Waals surface area contributed by atoms with Gasteiger partial charge >= 0.3 is 0 Å². The number of pyridine rings is 1. The van der Waals surface area contributed by atoms with Gasteiger partial charge in [-0.05, 0) is 79.5 Å². The van der Waals surface area contributed by atoms with Crippen LogP contribution in [0.4, 0.5) is 5.69 Å². The molecule has 3 atom stereocenters. The number of aliphatic hydroxyl groups is 1. The first-order valence-corrected chi connectivity index (χ1v) is 11.3. The predicted molar refractivity (Wildman–Crippen MR) is 128 cm³/mol. The lowest BCUT2D eigenvalue weighted by molar-refractivity contribution is 0.0666. The third-order valence-electron chi connectivity index (χ3n) is 7.14. The van der Waals surface area contributed by atoms with Crippen LogP contribution in [-0.4, -0.2) is 22.1 Å². The van der Waals surface area contributed by atoms with Crippen molar-refractivity contribution in [1.29, 1.82) is 0 Å². The first-order valence-electron chi connectivity index (χ1n) is 11.3. The minimum absolute atomic E-state index is 0.0559. The highest BCUT2D eigenvalue weighted by molar-refractivity contribution is 6.05. The molecule has 1 heterocycles. The Bertz CT molecular complexity index is 1170. The van der Waals surface area contributed by atoms with Crippen LogP contribution < -0.4 is 5.32 Å². The Hall–Kier alpha value is -3.24. The van der Waals surface area contributed by atoms with Gasteiger partial charge in [-0.25, -0.2) is 0 Å². The quantitative estimate of drug-likeness (QED) is 0.597. The number of benzene rings is 2. The number of hydrogen-bond acceptors (Lipinski definition) is 3. The summed E-state index contributed by atoms with van der Waals surface area (Å²) in [5.74, 6) is 0.160. The molecule has 4 nitrogen and oxygen atoms in total. The van der Waals surface area contributed by atoms with Gasteiger partial charge in [-0.15, -0.1) is 0 Å². The molecule has 0 radical (unpaired) electrons. The molecule has 1 fully saturated rings. The molecule has 2 aromatic carbocycles. The van der Waals surface area contributed by atoms with Crippen LogP contribution in [0.1, 0.15) is 52.0 Å². The summed E-state index contributed by atoms with van der Waals surface area (Å²) in [4.78, 5) is 17.2. The van der Waals surface area contributed by atoms with Gasteiger partial charge in [0.05, 0.1) is 17.5 Å². The zero-order valence-corrected chi connectivity index (χ0v) is 18.3. The second kappa shape index (κ2) is 8.36. The molecule has 4 heteroatoms. The summed E-state index contributed by atoms with van der Waals surface area (Å²) in [5.41, 5.74) is 5.81. The Morgan fingerprint density at radius 2 is 2.00 bits per heavy atom. The molecule has 32 heavy (non-hydrogen) atoms. The van der Waals surface area contributed by atoms with Gasteiger partial charge in [0.2, 0.25) is 0 Å². The summed E-state index contributed by atoms with van der Waals surface area (Å²) in [6, 6.07) is 20.4. The monoisotopic (exact) mass is 424 g/mol. The van der Waals surface area contributed by atoms with Crippen LogP contribution in [0.15, 0.2) is 72.9 Å². The van der Waals surface area contributed by atoms with E-state index in [-0.39, 0.29) is 23.3 Å². The van der Waals surface area contributed by atoms with Gasteiger partial charge < -0.3 is 10.4 Å². The number of aromatic nitrogens is 1. The van der Waals surface area contributed by atoms with E-state index in [1.807, 2.05) is 37.3 Å². The molecule has 2 N–H and O–H groups in total. The highest BCUT2D eigenvalue weighted by Gasteiger charge is 2.45. The molecule has 1 amide bonds. The third-order valence-corrected chi connectivity index (χ3v) is 7.14. The third kappa shape index (κ3) is 3.76. The molecule has 0 saturated heterocycles. The largest absolute Gasteiger partial charge is 0.393 e. The van der Waals surface area contributed by atoms with Crippen molar-refractivity contribution in [1.82, 2.24) is 4.98 Å². The summed E-state index contributed by atoms with van der Waals surface area (Å²) < 4.78 is 0. The lowest BCUT2D eigenvalue weighted by Crippen LogP contribution is -2.44. The van der Waals surface area contributed by atoms with Gasteiger partial charge in [0.15, 0.2) is 0 Å². The molecule has 0 aliphatic heterocycles. The highest BCUT2D eigenvalue weighted by Crippen LogP contribution is 2.50. The van der Waals surface area contributed by atoms with E-state index in [4.69, 9.17) is 0 Å². The van der Waals surface area contributed by atoms with Gasteiger partial charge in [-0.2, -0.15) is 0 Å². The van der Waals surface area contributed by atoms with E-state index in [0.717, 1.165) is 42.6 Å². The van der Waals surface area contributed by atoms with Crippen LogP contribution in [-0.2, 0) is 11.8 Å². The SMILES string of the molecule is Cc1ncccc1NC(=O)c1ccc2c(c1)C=CC1CC(O)CCC21Cc1ccccc1. The molecule has 5 rings (SSSR count). The van der Waals surface area contributed by atoms with Crippen molar-refractivity contribution < 1.29 is 9.90 Å². The number of nitrogens with zero attached hydrogens (tertiary/aromatic N) is 1. The van der Waals surface area contributed by atoms with E-state index in [1.54, 1.807) is 6.20 Å². The van der Waals surface area contributed by atoms with Gasteiger partial charge in [-0.3, -0.25) is 9.78 Å². The zero-order chi connectivity index (χ0) is 22.1. The summed E-state index contributed by atoms with van der Waals surface area (Å²) >= 11 is 0. The van der Waals surface area contributed by atoms with Crippen molar-refractivity contribution in [2.75, 3.05) is 5.32 Å². The zero-order valence-electron chi connectivity index (χ0n) is 18.3. The van der Waals surface area contributed by atoms with Crippen LogP contribution >= 0.6 is 0 Å². The lowest BCUT2D eigenvalue weighted by atomic mass is 9.56. The van der Waals surface area contributed by atoms with Crippen LogP contribution in [0.5, 0.6) is 0 Å². The standard InChI is InChI=1S/C28H28N2O2/c1-19-26(8-5-15-29-19)30-27(32)22-10-12-25-21(16-22)9-11-23-17-24(31)13-14-28(23,25)18-20-6-3-2-4-7-20/h2-12,15-16,23-24,31H,13-14,17-18H2,1H3,(H,30,32). The molecule has 3 aromatic rings. The maximum Gasteiger partial charge on any atom is 0.255 e. The minimum atomic E-state index is -0.247. The van der Waals surface area contributed by atoms with Gasteiger partial charge in [0, 0.05) is 17.2 Å². The number of allylic oxidation sites excluding steroid dienone is 1. The van der Waals surface area contributed by atoms with E-state index in [1.165, 1.54) is 11.1 Å². The fourth-order valence-corrected chi connectivity index (χ4v) is 5.44. The molecule has 1 saturated carbocycles. The number of hydrogen-bond donors (Lipinski definition) is 2. The number of rotatable bonds is 4. The molecule has 1 aromatic heterocycles. The Balaban J connectivity index is 1.50. The van der Waals surface area contributed by atoms with Crippen LogP contribution in [0.25, 0.3) is 6.08 Å². The number of fused-ring (bicyclic) bond motifs is 3. The second-order valence-electron chi connectivity index (χ2n) is 9.10. The molecule has 2 aliphatic rings. The van der Waals surface area contributed by atoms with Crippen LogP contribution in [0.2, 0.25) is 0 Å². The molecule has 0 bridgehead atoms. The summed E-state index contributed by atoms with van der Waals surface area (Å²) in [6.45, 7) is 1.89. The Kier molecular flexibility index (Phi) is 5.40. The van der Waals surface area contributed by atoms with Crippen molar-refractivity contribution in [3.05, 3.63) is 101 Å². The summed E-state index contributed by atoms with van der Waals surface area (Å²) in [7, 11) is 0. The average molecular weight is 425 g/mol. The number of anilines is 1. The number of amides is 1. The Morgan fingerprint density at radius 3 is 2.81 bits per heavy atom. The maximum atomic E-state index is 13.0. The molecule has 162 valence electrons. The van der Waals surface area contributed by atoms with Crippen molar-refractivity contribution in [3.63, 3.8) is 0 Å². The molecule has 2 aliphatic carbocycles. The number of aliphatic hydroxyl groups excluding tert-OH is 1. The normalized spacial score (nSPS) is 23.8. The first kappa shape index (κ1) is 20.7. The molecular formula is C28H28N2O2. The topological polar surface area (TPSA) is 62.2 Å². The predicted octanol–water partition coefficient (Wildman–Crippen LogP) is 5.31. The van der Waals surface area contributed by atoms with E-state index in [9.17, 15) is 9.90 Å². The summed E-state index contributed by atoms with van der Waals surface area (Å²) in [6.07, 6.45) is 9.31. The molecular weight excluding hydrogens is 396 g/mol. The van der Waals surface area contributed by atoms with Gasteiger partial charge in [0.1, 0.15) is 0 Å². The highest BCUT2D eigenvalue weighted by atomic mass is 16.3. The Labute approximate surface area is 189 Å². The van der Waals surface area contributed by atoms with Crippen molar-refractivity contribution in [2.45, 2.75) is 44.1 Å². The molecule has 3 unspecified atom stereocenters. The molecule has 0 spiro atoms. The maximum absolute atomic E-state index is 13.0. The van der Waals surface area contributed by atoms with E-state index >= 15 is 0 Å². The number of carbonyl (C=O) groups is 1. The average Bonchev–Trinajstić information content (AvgIpc) is 2.81.